The van der Waals surface area contributed by atoms with Gasteiger partial charge in [0.25, 0.3) is 0 Å². The van der Waals surface area contributed by atoms with Crippen molar-refractivity contribution in [1.29, 1.82) is 0 Å². The fourth-order valence-corrected chi connectivity index (χ4v) is 2.08. The van der Waals surface area contributed by atoms with E-state index in [2.05, 4.69) is 17.1 Å². The van der Waals surface area contributed by atoms with E-state index in [9.17, 15) is 4.39 Å². The molecule has 2 aromatic carbocycles. The van der Waals surface area contributed by atoms with Crippen molar-refractivity contribution in [3.05, 3.63) is 72.7 Å². The molecule has 0 aliphatic rings. The van der Waals surface area contributed by atoms with Crippen LogP contribution in [0, 0.1) is 5.82 Å². The van der Waals surface area contributed by atoms with Gasteiger partial charge in [-0.1, -0.05) is 42.5 Å². The number of benzene rings is 2. The molecule has 3 aromatic rings. The van der Waals surface area contributed by atoms with Gasteiger partial charge in [-0.05, 0) is 29.3 Å². The third-order valence-electron chi connectivity index (χ3n) is 2.96. The van der Waals surface area contributed by atoms with Crippen molar-refractivity contribution >= 4 is 0 Å². The van der Waals surface area contributed by atoms with Crippen LogP contribution in [0.1, 0.15) is 0 Å². The van der Waals surface area contributed by atoms with Crippen LogP contribution in [-0.4, -0.2) is 4.98 Å². The highest BCUT2D eigenvalue weighted by Gasteiger charge is 2.07. The lowest BCUT2D eigenvalue weighted by atomic mass is 10.0. The second kappa shape index (κ2) is 4.49. The molecule has 0 saturated carbocycles. The molecule has 88 valence electrons. The molecule has 0 unspecified atom stereocenters. The van der Waals surface area contributed by atoms with Gasteiger partial charge in [-0.25, -0.2) is 4.39 Å². The van der Waals surface area contributed by atoms with Gasteiger partial charge < -0.3 is 4.98 Å². The quantitative estimate of drug-likeness (QED) is 0.676. The normalized spacial score (nSPS) is 10.5. The Morgan fingerprint density at radius 3 is 2.17 bits per heavy atom. The average molecular weight is 237 g/mol. The molecule has 0 radical (unpaired) electrons. The topological polar surface area (TPSA) is 15.8 Å². The second-order valence-electron chi connectivity index (χ2n) is 4.14. The number of rotatable bonds is 2. The molecule has 0 saturated heterocycles. The molecule has 1 heterocycles. The lowest BCUT2D eigenvalue weighted by molar-refractivity contribution is 0.628. The maximum atomic E-state index is 12.9. The number of aromatic nitrogens is 1. The van der Waals surface area contributed by atoms with Crippen molar-refractivity contribution in [2.45, 2.75) is 0 Å². The summed E-state index contributed by atoms with van der Waals surface area (Å²) in [7, 11) is 0. The van der Waals surface area contributed by atoms with Gasteiger partial charge >= 0.3 is 0 Å². The Bertz CT molecular complexity index is 638. The highest BCUT2D eigenvalue weighted by molar-refractivity contribution is 5.81. The van der Waals surface area contributed by atoms with Crippen LogP contribution in [0.3, 0.4) is 0 Å². The number of nitrogens with one attached hydrogen (secondary N) is 1. The summed E-state index contributed by atoms with van der Waals surface area (Å²) in [5.41, 5.74) is 4.28. The lowest BCUT2D eigenvalue weighted by Gasteiger charge is -2.04. The number of hydrogen-bond donors (Lipinski definition) is 1. The molecule has 1 N–H and O–H groups in total. The van der Waals surface area contributed by atoms with Crippen LogP contribution < -0.4 is 0 Å². The molecular formula is C16H12FN. The summed E-state index contributed by atoms with van der Waals surface area (Å²) in [6, 6.07) is 18.7. The third-order valence-corrected chi connectivity index (χ3v) is 2.96. The van der Waals surface area contributed by atoms with Crippen molar-refractivity contribution in [1.82, 2.24) is 4.98 Å². The Kier molecular flexibility index (Phi) is 2.69. The first-order valence-electron chi connectivity index (χ1n) is 5.83. The highest BCUT2D eigenvalue weighted by Crippen LogP contribution is 2.30. The van der Waals surface area contributed by atoms with Gasteiger partial charge in [-0.15, -0.1) is 0 Å². The standard InChI is InChI=1S/C16H12FN/c17-14-8-6-12(7-9-14)15-10-11-18-16(15)13-4-2-1-3-5-13/h1-11,18H. The zero-order chi connectivity index (χ0) is 12.4. The Balaban J connectivity index is 2.10. The number of hydrogen-bond acceptors (Lipinski definition) is 0. The fourth-order valence-electron chi connectivity index (χ4n) is 2.08. The minimum Gasteiger partial charge on any atom is -0.361 e. The zero-order valence-electron chi connectivity index (χ0n) is 9.73. The zero-order valence-corrected chi connectivity index (χ0v) is 9.73. The molecule has 3 rings (SSSR count). The Morgan fingerprint density at radius 2 is 1.44 bits per heavy atom. The van der Waals surface area contributed by atoms with Crippen LogP contribution in [0.5, 0.6) is 0 Å². The minimum absolute atomic E-state index is 0.212. The average Bonchev–Trinajstić information content (AvgIpc) is 2.90. The summed E-state index contributed by atoms with van der Waals surface area (Å²) < 4.78 is 12.9. The molecule has 0 fully saturated rings. The van der Waals surface area contributed by atoms with Gasteiger partial charge in [0.1, 0.15) is 5.82 Å². The molecule has 1 nitrogen and oxygen atoms in total. The molecule has 0 spiro atoms. The van der Waals surface area contributed by atoms with Crippen molar-refractivity contribution < 1.29 is 4.39 Å². The van der Waals surface area contributed by atoms with Gasteiger partial charge in [0.15, 0.2) is 0 Å². The van der Waals surface area contributed by atoms with Gasteiger partial charge in [0.2, 0.25) is 0 Å². The van der Waals surface area contributed by atoms with E-state index >= 15 is 0 Å². The maximum Gasteiger partial charge on any atom is 0.123 e. The van der Waals surface area contributed by atoms with E-state index < -0.39 is 0 Å². The van der Waals surface area contributed by atoms with Crippen molar-refractivity contribution in [2.24, 2.45) is 0 Å². The highest BCUT2D eigenvalue weighted by atomic mass is 19.1. The van der Waals surface area contributed by atoms with Gasteiger partial charge in [-0.3, -0.25) is 0 Å². The van der Waals surface area contributed by atoms with Crippen LogP contribution in [-0.2, 0) is 0 Å². The van der Waals surface area contributed by atoms with E-state index in [1.54, 1.807) is 12.1 Å². The molecule has 2 heteroatoms. The SMILES string of the molecule is Fc1ccc(-c2cc[nH]c2-c2ccccc2)cc1. The van der Waals surface area contributed by atoms with E-state index in [4.69, 9.17) is 0 Å². The molecule has 0 aliphatic carbocycles. The molecule has 0 amide bonds. The Morgan fingerprint density at radius 1 is 0.722 bits per heavy atom. The summed E-state index contributed by atoms with van der Waals surface area (Å²) in [5, 5.41) is 0. The van der Waals surface area contributed by atoms with E-state index in [1.807, 2.05) is 30.5 Å². The van der Waals surface area contributed by atoms with Gasteiger partial charge in [0.05, 0.1) is 5.69 Å². The second-order valence-corrected chi connectivity index (χ2v) is 4.14. The number of H-pyrrole nitrogens is 1. The molecule has 18 heavy (non-hydrogen) atoms. The summed E-state index contributed by atoms with van der Waals surface area (Å²) in [4.78, 5) is 3.24. The molecule has 1 aromatic heterocycles. The van der Waals surface area contributed by atoms with E-state index in [1.165, 1.54) is 12.1 Å². The first kappa shape index (κ1) is 10.8. The van der Waals surface area contributed by atoms with Crippen LogP contribution in [0.25, 0.3) is 22.4 Å². The molecule has 0 aliphatic heterocycles. The van der Waals surface area contributed by atoms with Crippen molar-refractivity contribution in [3.8, 4) is 22.4 Å². The van der Waals surface area contributed by atoms with Crippen LogP contribution in [0.4, 0.5) is 4.39 Å². The summed E-state index contributed by atoms with van der Waals surface area (Å²) in [5.74, 6) is -0.212. The largest absolute Gasteiger partial charge is 0.361 e. The first-order chi connectivity index (χ1) is 8.84. The van der Waals surface area contributed by atoms with E-state index in [0.29, 0.717) is 0 Å². The third kappa shape index (κ3) is 1.93. The molecule has 0 atom stereocenters. The maximum absolute atomic E-state index is 12.9. The summed E-state index contributed by atoms with van der Waals surface area (Å²) in [6.07, 6.45) is 1.90. The van der Waals surface area contributed by atoms with Crippen LogP contribution >= 0.6 is 0 Å². The van der Waals surface area contributed by atoms with Crippen LogP contribution in [0.2, 0.25) is 0 Å². The minimum atomic E-state index is -0.212. The predicted molar refractivity (Wildman–Crippen MR) is 71.6 cm³/mol. The number of aromatic amines is 1. The molecule has 0 bridgehead atoms. The fraction of sp³-hybridized carbons (Fsp3) is 0. The van der Waals surface area contributed by atoms with Gasteiger partial charge in [0, 0.05) is 11.8 Å². The smallest absolute Gasteiger partial charge is 0.123 e. The first-order valence-corrected chi connectivity index (χ1v) is 5.83. The summed E-state index contributed by atoms with van der Waals surface area (Å²) in [6.45, 7) is 0. The summed E-state index contributed by atoms with van der Waals surface area (Å²) >= 11 is 0. The van der Waals surface area contributed by atoms with Crippen LogP contribution in [0.15, 0.2) is 66.9 Å². The van der Waals surface area contributed by atoms with E-state index in [0.717, 1.165) is 22.4 Å². The number of halogens is 1. The van der Waals surface area contributed by atoms with Crippen molar-refractivity contribution in [3.63, 3.8) is 0 Å². The van der Waals surface area contributed by atoms with Crippen molar-refractivity contribution in [2.75, 3.05) is 0 Å². The van der Waals surface area contributed by atoms with E-state index in [-0.39, 0.29) is 5.82 Å². The monoisotopic (exact) mass is 237 g/mol. The van der Waals surface area contributed by atoms with Gasteiger partial charge in [-0.2, -0.15) is 0 Å². The Labute approximate surface area is 105 Å². The predicted octanol–water partition coefficient (Wildman–Crippen LogP) is 4.49. The lowest BCUT2D eigenvalue weighted by Crippen LogP contribution is -1.82. The Hall–Kier alpha value is -2.35. The molecular weight excluding hydrogens is 225 g/mol.